The van der Waals surface area contributed by atoms with Crippen LogP contribution in [0.1, 0.15) is 34.2 Å². The number of rotatable bonds is 4. The number of benzene rings is 1. The summed E-state index contributed by atoms with van der Waals surface area (Å²) in [7, 11) is 0. The second-order valence-corrected chi connectivity index (χ2v) is 7.03. The number of carbonyl (C=O) groups is 2. The molecular weight excluding hydrogens is 368 g/mol. The molecule has 0 aliphatic carbocycles. The van der Waals surface area contributed by atoms with Crippen LogP contribution in [0.5, 0.6) is 0 Å². The Bertz CT molecular complexity index is 979. The van der Waals surface area contributed by atoms with Gasteiger partial charge in [0.05, 0.1) is 12.2 Å². The van der Waals surface area contributed by atoms with Gasteiger partial charge in [0.15, 0.2) is 0 Å². The van der Waals surface area contributed by atoms with Crippen molar-refractivity contribution in [1.82, 2.24) is 14.9 Å². The smallest absolute Gasteiger partial charge is 0.339 e. The summed E-state index contributed by atoms with van der Waals surface area (Å²) < 4.78 is 5.00. The van der Waals surface area contributed by atoms with Gasteiger partial charge in [-0.3, -0.25) is 4.79 Å². The Morgan fingerprint density at radius 1 is 1.10 bits per heavy atom. The summed E-state index contributed by atoms with van der Waals surface area (Å²) in [5.41, 5.74) is 2.04. The van der Waals surface area contributed by atoms with Crippen LogP contribution >= 0.6 is 0 Å². The Labute approximate surface area is 169 Å². The van der Waals surface area contributed by atoms with Crippen molar-refractivity contribution in [2.75, 3.05) is 37.7 Å². The van der Waals surface area contributed by atoms with Gasteiger partial charge >= 0.3 is 5.97 Å². The van der Waals surface area contributed by atoms with E-state index in [1.165, 1.54) is 0 Å². The van der Waals surface area contributed by atoms with E-state index in [0.717, 1.165) is 29.7 Å². The molecule has 0 radical (unpaired) electrons. The molecule has 0 saturated carbocycles. The molecule has 150 valence electrons. The van der Waals surface area contributed by atoms with Gasteiger partial charge in [-0.05, 0) is 37.6 Å². The summed E-state index contributed by atoms with van der Waals surface area (Å²) in [5, 5.41) is 1.04. The van der Waals surface area contributed by atoms with Crippen LogP contribution in [0, 0.1) is 0 Å². The predicted molar refractivity (Wildman–Crippen MR) is 111 cm³/mol. The first-order valence-electron chi connectivity index (χ1n) is 9.91. The van der Waals surface area contributed by atoms with Crippen molar-refractivity contribution in [2.24, 2.45) is 0 Å². The molecule has 29 heavy (non-hydrogen) atoms. The summed E-state index contributed by atoms with van der Waals surface area (Å²) >= 11 is 0. The van der Waals surface area contributed by atoms with Gasteiger partial charge < -0.3 is 19.5 Å². The fourth-order valence-corrected chi connectivity index (χ4v) is 3.62. The molecule has 2 aromatic heterocycles. The Kier molecular flexibility index (Phi) is 5.46. The zero-order chi connectivity index (χ0) is 20.2. The van der Waals surface area contributed by atoms with Crippen molar-refractivity contribution in [1.29, 1.82) is 0 Å². The van der Waals surface area contributed by atoms with Gasteiger partial charge in [-0.2, -0.15) is 0 Å². The van der Waals surface area contributed by atoms with E-state index in [1.807, 2.05) is 41.3 Å². The van der Waals surface area contributed by atoms with E-state index in [4.69, 9.17) is 4.74 Å². The van der Waals surface area contributed by atoms with Crippen LogP contribution in [0.15, 0.2) is 48.7 Å². The molecule has 0 spiro atoms. The highest BCUT2D eigenvalue weighted by molar-refractivity contribution is 5.98. The number of esters is 1. The molecule has 1 saturated heterocycles. The minimum atomic E-state index is -0.363. The number of nitrogens with one attached hydrogen (secondary N) is 1. The minimum absolute atomic E-state index is 0.0219. The molecule has 3 aromatic rings. The number of nitrogens with zero attached hydrogens (tertiary/aromatic N) is 3. The maximum absolute atomic E-state index is 13.0. The predicted octanol–water partition coefficient (Wildman–Crippen LogP) is 3.09. The number of carbonyl (C=O) groups excluding carboxylic acids is 2. The molecule has 0 atom stereocenters. The molecular formula is C22H24N4O3. The number of fused-ring (bicyclic) bond motifs is 1. The highest BCUT2D eigenvalue weighted by atomic mass is 16.5. The largest absolute Gasteiger partial charge is 0.462 e. The quantitative estimate of drug-likeness (QED) is 0.691. The number of H-pyrrole nitrogens is 1. The Balaban J connectivity index is 1.42. The zero-order valence-corrected chi connectivity index (χ0v) is 16.4. The molecule has 7 nitrogen and oxygen atoms in total. The number of amides is 1. The van der Waals surface area contributed by atoms with Crippen LogP contribution in [-0.4, -0.2) is 59.5 Å². The Hall–Kier alpha value is -3.35. The molecule has 1 aliphatic heterocycles. The van der Waals surface area contributed by atoms with Gasteiger partial charge in [-0.25, -0.2) is 9.78 Å². The number of ether oxygens (including phenoxy) is 1. The van der Waals surface area contributed by atoms with E-state index in [-0.39, 0.29) is 11.9 Å². The average molecular weight is 392 g/mol. The Morgan fingerprint density at radius 2 is 1.97 bits per heavy atom. The van der Waals surface area contributed by atoms with E-state index < -0.39 is 0 Å². The highest BCUT2D eigenvalue weighted by Gasteiger charge is 2.22. The molecule has 1 amide bonds. The number of pyridine rings is 1. The maximum Gasteiger partial charge on any atom is 0.339 e. The summed E-state index contributed by atoms with van der Waals surface area (Å²) in [6.07, 6.45) is 2.40. The molecule has 0 bridgehead atoms. The van der Waals surface area contributed by atoms with Gasteiger partial charge in [0.1, 0.15) is 11.5 Å². The number of aromatic nitrogens is 2. The van der Waals surface area contributed by atoms with Crippen LogP contribution in [0.4, 0.5) is 5.82 Å². The lowest BCUT2D eigenvalue weighted by Crippen LogP contribution is -2.35. The lowest BCUT2D eigenvalue weighted by Gasteiger charge is -2.22. The fourth-order valence-electron chi connectivity index (χ4n) is 3.62. The number of para-hydroxylation sites is 1. The number of hydrogen-bond donors (Lipinski definition) is 1. The van der Waals surface area contributed by atoms with E-state index in [2.05, 4.69) is 14.9 Å². The third kappa shape index (κ3) is 4.08. The van der Waals surface area contributed by atoms with Crippen molar-refractivity contribution >= 4 is 28.6 Å². The van der Waals surface area contributed by atoms with Gasteiger partial charge in [0.2, 0.25) is 0 Å². The van der Waals surface area contributed by atoms with Gasteiger partial charge in [-0.15, -0.1) is 0 Å². The number of aromatic amines is 1. The van der Waals surface area contributed by atoms with E-state index in [1.54, 1.807) is 19.2 Å². The van der Waals surface area contributed by atoms with Crippen molar-refractivity contribution in [3.63, 3.8) is 0 Å². The number of hydrogen-bond acceptors (Lipinski definition) is 5. The van der Waals surface area contributed by atoms with Crippen LogP contribution in [0.3, 0.4) is 0 Å². The molecule has 1 aliphatic rings. The van der Waals surface area contributed by atoms with Crippen LogP contribution < -0.4 is 4.90 Å². The molecule has 1 N–H and O–H groups in total. The van der Waals surface area contributed by atoms with Gasteiger partial charge in [-0.1, -0.05) is 18.2 Å². The maximum atomic E-state index is 13.0. The monoisotopic (exact) mass is 392 g/mol. The third-order valence-electron chi connectivity index (χ3n) is 5.13. The first-order valence-corrected chi connectivity index (χ1v) is 9.91. The average Bonchev–Trinajstić information content (AvgIpc) is 3.03. The molecule has 1 fully saturated rings. The van der Waals surface area contributed by atoms with Gasteiger partial charge in [0, 0.05) is 43.3 Å². The van der Waals surface area contributed by atoms with E-state index >= 15 is 0 Å². The first-order chi connectivity index (χ1) is 14.2. The Morgan fingerprint density at radius 3 is 2.72 bits per heavy atom. The second-order valence-electron chi connectivity index (χ2n) is 7.03. The normalized spacial score (nSPS) is 14.7. The minimum Gasteiger partial charge on any atom is -0.462 e. The van der Waals surface area contributed by atoms with Crippen LogP contribution in [0.2, 0.25) is 0 Å². The lowest BCUT2D eigenvalue weighted by molar-refractivity contribution is 0.0525. The summed E-state index contributed by atoms with van der Waals surface area (Å²) in [4.78, 5) is 36.4. The second kappa shape index (κ2) is 8.34. The summed E-state index contributed by atoms with van der Waals surface area (Å²) in [6, 6.07) is 13.4. The zero-order valence-electron chi connectivity index (χ0n) is 16.4. The summed E-state index contributed by atoms with van der Waals surface area (Å²) in [6.45, 7) is 4.94. The van der Waals surface area contributed by atoms with Crippen LogP contribution in [-0.2, 0) is 4.74 Å². The molecule has 1 aromatic carbocycles. The highest BCUT2D eigenvalue weighted by Crippen LogP contribution is 2.19. The molecule has 7 heteroatoms. The van der Waals surface area contributed by atoms with Crippen molar-refractivity contribution < 1.29 is 14.3 Å². The number of anilines is 1. The molecule has 0 unspecified atom stereocenters. The SMILES string of the molecule is CCOC(=O)c1ccc(N2CCCN(C(=O)c3cc4ccccc4[nH]3)CC2)nc1. The summed E-state index contributed by atoms with van der Waals surface area (Å²) in [5.74, 6) is 0.462. The van der Waals surface area contributed by atoms with Crippen molar-refractivity contribution in [3.8, 4) is 0 Å². The topological polar surface area (TPSA) is 78.5 Å². The van der Waals surface area contributed by atoms with E-state index in [0.29, 0.717) is 37.5 Å². The van der Waals surface area contributed by atoms with Gasteiger partial charge in [0.25, 0.3) is 5.91 Å². The fraction of sp³-hybridized carbons (Fsp3) is 0.318. The standard InChI is InChI=1S/C22H24N4O3/c1-2-29-22(28)17-8-9-20(23-15-17)25-10-5-11-26(13-12-25)21(27)19-14-16-6-3-4-7-18(16)24-19/h3-4,6-9,14-15,24H,2,5,10-13H2,1H3. The van der Waals surface area contributed by atoms with Crippen LogP contribution in [0.25, 0.3) is 10.9 Å². The van der Waals surface area contributed by atoms with Crippen molar-refractivity contribution in [3.05, 3.63) is 59.9 Å². The first kappa shape index (κ1) is 19.0. The molecule has 4 rings (SSSR count). The van der Waals surface area contributed by atoms with E-state index in [9.17, 15) is 9.59 Å². The lowest BCUT2D eigenvalue weighted by atomic mass is 10.2. The third-order valence-corrected chi connectivity index (χ3v) is 5.13. The molecule has 3 heterocycles. The van der Waals surface area contributed by atoms with Crippen molar-refractivity contribution in [2.45, 2.75) is 13.3 Å².